The van der Waals surface area contributed by atoms with E-state index in [0.29, 0.717) is 11.7 Å². The van der Waals surface area contributed by atoms with Crippen LogP contribution in [0.1, 0.15) is 50.9 Å². The molecule has 2 unspecified atom stereocenters. The van der Waals surface area contributed by atoms with Crippen LogP contribution < -0.4 is 5.73 Å². The van der Waals surface area contributed by atoms with Crippen LogP contribution in [0.3, 0.4) is 0 Å². The van der Waals surface area contributed by atoms with E-state index in [0.717, 1.165) is 25.9 Å². The molecule has 1 aliphatic heterocycles. The molecule has 0 aromatic carbocycles. The zero-order valence-corrected chi connectivity index (χ0v) is 9.19. The molecule has 0 radical (unpaired) electrons. The van der Waals surface area contributed by atoms with Gasteiger partial charge in [0.1, 0.15) is 6.10 Å². The maximum atomic E-state index is 6.01. The molecule has 1 aliphatic rings. The lowest BCUT2D eigenvalue weighted by atomic mass is 10.0. The van der Waals surface area contributed by atoms with Crippen molar-refractivity contribution in [3.8, 4) is 0 Å². The van der Waals surface area contributed by atoms with E-state index in [1.165, 1.54) is 0 Å². The summed E-state index contributed by atoms with van der Waals surface area (Å²) >= 11 is 0. The van der Waals surface area contributed by atoms with E-state index >= 15 is 0 Å². The number of ether oxygens (including phenoxy) is 1. The van der Waals surface area contributed by atoms with Crippen molar-refractivity contribution in [2.24, 2.45) is 5.73 Å². The summed E-state index contributed by atoms with van der Waals surface area (Å²) in [6, 6.07) is 0. The normalized spacial score (nSPS) is 25.4. The number of nitrogens with zero attached hydrogens (tertiary/aromatic N) is 2. The number of rotatable bonds is 3. The molecule has 2 rings (SSSR count). The smallest absolute Gasteiger partial charge is 0.246 e. The first kappa shape index (κ1) is 10.6. The minimum Gasteiger partial charge on any atom is -0.370 e. The summed E-state index contributed by atoms with van der Waals surface area (Å²) in [6.45, 7) is 4.66. The summed E-state index contributed by atoms with van der Waals surface area (Å²) in [5.74, 6) is 1.13. The fraction of sp³-hybridized carbons (Fsp3) is 0.800. The van der Waals surface area contributed by atoms with Crippen molar-refractivity contribution in [1.29, 1.82) is 0 Å². The lowest BCUT2D eigenvalue weighted by Crippen LogP contribution is -2.32. The Bertz CT molecular complexity index is 329. The van der Waals surface area contributed by atoms with E-state index in [4.69, 9.17) is 15.0 Å². The van der Waals surface area contributed by atoms with Crippen molar-refractivity contribution in [3.05, 3.63) is 11.7 Å². The van der Waals surface area contributed by atoms with Gasteiger partial charge in [-0.15, -0.1) is 0 Å². The Balaban J connectivity index is 2.16. The van der Waals surface area contributed by atoms with Gasteiger partial charge in [-0.05, 0) is 26.2 Å². The molecule has 2 heterocycles. The predicted octanol–water partition coefficient (Wildman–Crippen LogP) is 1.50. The molecule has 2 N–H and O–H groups in total. The molecule has 0 saturated carbocycles. The molecular formula is C10H17N3O2. The second kappa shape index (κ2) is 3.90. The second-order valence-electron chi connectivity index (χ2n) is 4.23. The maximum Gasteiger partial charge on any atom is 0.246 e. The molecule has 1 aromatic heterocycles. The molecule has 0 amide bonds. The van der Waals surface area contributed by atoms with Gasteiger partial charge in [-0.2, -0.15) is 4.98 Å². The SMILES string of the molecule is CCC(C)(N)c1nc(C2CCCO2)no1. The Morgan fingerprint density at radius 2 is 2.40 bits per heavy atom. The molecule has 5 heteroatoms. The molecule has 1 fully saturated rings. The van der Waals surface area contributed by atoms with Gasteiger partial charge in [0.05, 0.1) is 5.54 Å². The van der Waals surface area contributed by atoms with Gasteiger partial charge < -0.3 is 15.0 Å². The number of hydrogen-bond acceptors (Lipinski definition) is 5. The average Bonchev–Trinajstić information content (AvgIpc) is 2.88. The van der Waals surface area contributed by atoms with Crippen molar-refractivity contribution in [3.63, 3.8) is 0 Å². The largest absolute Gasteiger partial charge is 0.370 e. The van der Waals surface area contributed by atoms with Crippen LogP contribution in [0.25, 0.3) is 0 Å². The van der Waals surface area contributed by atoms with Gasteiger partial charge in [-0.1, -0.05) is 12.1 Å². The molecule has 84 valence electrons. The first-order chi connectivity index (χ1) is 7.13. The number of hydrogen-bond donors (Lipinski definition) is 1. The van der Waals surface area contributed by atoms with Crippen LogP contribution in [0, 0.1) is 0 Å². The summed E-state index contributed by atoms with van der Waals surface area (Å²) in [5, 5.41) is 3.92. The van der Waals surface area contributed by atoms with Crippen molar-refractivity contribution in [2.75, 3.05) is 6.61 Å². The highest BCUT2D eigenvalue weighted by atomic mass is 16.5. The first-order valence-electron chi connectivity index (χ1n) is 5.38. The highest BCUT2D eigenvalue weighted by molar-refractivity contribution is 5.01. The van der Waals surface area contributed by atoms with Crippen LogP contribution in [0.5, 0.6) is 0 Å². The average molecular weight is 211 g/mol. The van der Waals surface area contributed by atoms with Crippen molar-refractivity contribution in [2.45, 2.75) is 44.8 Å². The Hall–Kier alpha value is -0.940. The number of aromatic nitrogens is 2. The molecule has 2 atom stereocenters. The Kier molecular flexibility index (Phi) is 2.75. The molecule has 15 heavy (non-hydrogen) atoms. The van der Waals surface area contributed by atoms with E-state index in [1.807, 2.05) is 13.8 Å². The Morgan fingerprint density at radius 1 is 1.60 bits per heavy atom. The van der Waals surface area contributed by atoms with Gasteiger partial charge in [-0.3, -0.25) is 0 Å². The van der Waals surface area contributed by atoms with Crippen molar-refractivity contribution < 1.29 is 9.26 Å². The van der Waals surface area contributed by atoms with Crippen molar-refractivity contribution >= 4 is 0 Å². The predicted molar refractivity (Wildman–Crippen MR) is 54.1 cm³/mol. The second-order valence-corrected chi connectivity index (χ2v) is 4.23. The van der Waals surface area contributed by atoms with Crippen LogP contribution in [-0.2, 0) is 10.3 Å². The van der Waals surface area contributed by atoms with Crippen LogP contribution in [0.2, 0.25) is 0 Å². The van der Waals surface area contributed by atoms with E-state index in [9.17, 15) is 0 Å². The fourth-order valence-corrected chi connectivity index (χ4v) is 1.53. The van der Waals surface area contributed by atoms with Gasteiger partial charge in [0.2, 0.25) is 11.7 Å². The first-order valence-corrected chi connectivity index (χ1v) is 5.38. The quantitative estimate of drug-likeness (QED) is 0.820. The van der Waals surface area contributed by atoms with Gasteiger partial charge >= 0.3 is 0 Å². The monoisotopic (exact) mass is 211 g/mol. The highest BCUT2D eigenvalue weighted by Crippen LogP contribution is 2.28. The topological polar surface area (TPSA) is 74.2 Å². The fourth-order valence-electron chi connectivity index (χ4n) is 1.53. The molecule has 0 spiro atoms. The summed E-state index contributed by atoms with van der Waals surface area (Å²) < 4.78 is 10.6. The third kappa shape index (κ3) is 2.03. The van der Waals surface area contributed by atoms with Crippen LogP contribution in [0.15, 0.2) is 4.52 Å². The molecular weight excluding hydrogens is 194 g/mol. The molecule has 1 saturated heterocycles. The zero-order chi connectivity index (χ0) is 10.9. The molecule has 0 bridgehead atoms. The van der Waals surface area contributed by atoms with E-state index < -0.39 is 5.54 Å². The highest BCUT2D eigenvalue weighted by Gasteiger charge is 2.29. The number of nitrogens with two attached hydrogens (primary N) is 1. The van der Waals surface area contributed by atoms with Gasteiger partial charge in [0.25, 0.3) is 0 Å². The minimum absolute atomic E-state index is 0.00449. The lowest BCUT2D eigenvalue weighted by Gasteiger charge is -2.16. The molecule has 5 nitrogen and oxygen atoms in total. The summed E-state index contributed by atoms with van der Waals surface area (Å²) in [7, 11) is 0. The standard InChI is InChI=1S/C10H17N3O2/c1-3-10(2,11)9-12-8(13-15-9)7-5-4-6-14-7/h7H,3-6,11H2,1-2H3. The third-order valence-electron chi connectivity index (χ3n) is 2.88. The van der Waals surface area contributed by atoms with Gasteiger partial charge in [0.15, 0.2) is 0 Å². The van der Waals surface area contributed by atoms with E-state index in [1.54, 1.807) is 0 Å². The van der Waals surface area contributed by atoms with Crippen LogP contribution in [-0.4, -0.2) is 16.7 Å². The van der Waals surface area contributed by atoms with Crippen LogP contribution in [0.4, 0.5) is 0 Å². The summed E-state index contributed by atoms with van der Waals surface area (Å²) in [5.41, 5.74) is 5.47. The van der Waals surface area contributed by atoms with E-state index in [-0.39, 0.29) is 6.10 Å². The van der Waals surface area contributed by atoms with Gasteiger partial charge in [-0.25, -0.2) is 0 Å². The van der Waals surface area contributed by atoms with Crippen molar-refractivity contribution in [1.82, 2.24) is 10.1 Å². The zero-order valence-electron chi connectivity index (χ0n) is 9.19. The Labute approximate surface area is 89.0 Å². The minimum atomic E-state index is -0.538. The third-order valence-corrected chi connectivity index (χ3v) is 2.88. The van der Waals surface area contributed by atoms with Gasteiger partial charge in [0, 0.05) is 6.61 Å². The van der Waals surface area contributed by atoms with Crippen LogP contribution >= 0.6 is 0 Å². The molecule has 1 aromatic rings. The maximum absolute atomic E-state index is 6.01. The lowest BCUT2D eigenvalue weighted by molar-refractivity contribution is 0.103. The molecule has 0 aliphatic carbocycles. The van der Waals surface area contributed by atoms with E-state index in [2.05, 4.69) is 10.1 Å². The Morgan fingerprint density at radius 3 is 3.00 bits per heavy atom. The summed E-state index contributed by atoms with van der Waals surface area (Å²) in [6.07, 6.45) is 2.78. The summed E-state index contributed by atoms with van der Waals surface area (Å²) in [4.78, 5) is 4.31.